The maximum absolute atomic E-state index is 10.9. The SMILES string of the molecule is COS(=O)O/N=C(/C#N)c1cc(C)c(C)c(C)c1. The van der Waals surface area contributed by atoms with E-state index in [9.17, 15) is 4.21 Å². The highest BCUT2D eigenvalue weighted by molar-refractivity contribution is 7.75. The van der Waals surface area contributed by atoms with Crippen molar-refractivity contribution in [1.29, 1.82) is 5.26 Å². The van der Waals surface area contributed by atoms with Crippen molar-refractivity contribution in [3.63, 3.8) is 0 Å². The van der Waals surface area contributed by atoms with Crippen LogP contribution in [0.2, 0.25) is 0 Å². The normalized spacial score (nSPS) is 12.9. The minimum Gasteiger partial charge on any atom is -0.264 e. The van der Waals surface area contributed by atoms with Gasteiger partial charge in [0.25, 0.3) is 0 Å². The van der Waals surface area contributed by atoms with Crippen LogP contribution in [0.3, 0.4) is 0 Å². The molecule has 0 spiro atoms. The summed E-state index contributed by atoms with van der Waals surface area (Å²) >= 11 is -1.98. The van der Waals surface area contributed by atoms with E-state index in [1.54, 1.807) is 0 Å². The van der Waals surface area contributed by atoms with Gasteiger partial charge < -0.3 is 0 Å². The molecule has 0 amide bonds. The van der Waals surface area contributed by atoms with Gasteiger partial charge in [0.1, 0.15) is 6.07 Å². The summed E-state index contributed by atoms with van der Waals surface area (Å²) in [5, 5.41) is 12.5. The van der Waals surface area contributed by atoms with Gasteiger partial charge in [0.05, 0.1) is 7.11 Å². The molecule has 0 radical (unpaired) electrons. The van der Waals surface area contributed by atoms with Crippen LogP contribution in [0.1, 0.15) is 22.3 Å². The van der Waals surface area contributed by atoms with Gasteiger partial charge in [-0.2, -0.15) is 9.47 Å². The molecule has 5 nitrogen and oxygen atoms in total. The van der Waals surface area contributed by atoms with Crippen molar-refractivity contribution in [2.75, 3.05) is 7.11 Å². The summed E-state index contributed by atoms with van der Waals surface area (Å²) in [7, 11) is 1.22. The highest BCUT2D eigenvalue weighted by Gasteiger charge is 2.08. The van der Waals surface area contributed by atoms with E-state index in [1.807, 2.05) is 39.0 Å². The summed E-state index contributed by atoms with van der Waals surface area (Å²) in [4.78, 5) is 0. The average molecular weight is 266 g/mol. The number of oxime groups is 1. The van der Waals surface area contributed by atoms with Gasteiger partial charge in [0.2, 0.25) is 0 Å². The fraction of sp³-hybridized carbons (Fsp3) is 0.333. The number of benzene rings is 1. The van der Waals surface area contributed by atoms with E-state index >= 15 is 0 Å². The molecule has 0 heterocycles. The third-order valence-corrected chi connectivity index (χ3v) is 3.10. The quantitative estimate of drug-likeness (QED) is 0.618. The lowest BCUT2D eigenvalue weighted by atomic mass is 9.99. The monoisotopic (exact) mass is 266 g/mol. The smallest absolute Gasteiger partial charge is 0.264 e. The minimum atomic E-state index is -1.98. The fourth-order valence-corrected chi connectivity index (χ4v) is 1.60. The maximum Gasteiger partial charge on any atom is 0.381 e. The van der Waals surface area contributed by atoms with Gasteiger partial charge in [-0.15, -0.1) is 0 Å². The number of rotatable bonds is 4. The molecule has 1 atom stereocenters. The van der Waals surface area contributed by atoms with Crippen molar-refractivity contribution in [2.45, 2.75) is 20.8 Å². The molecule has 0 fully saturated rings. The summed E-state index contributed by atoms with van der Waals surface area (Å²) in [5.41, 5.74) is 3.97. The van der Waals surface area contributed by atoms with Crippen LogP contribution in [-0.2, 0) is 19.8 Å². The highest BCUT2D eigenvalue weighted by Crippen LogP contribution is 2.16. The molecule has 0 aromatic heterocycles. The number of nitrogens with zero attached hydrogens (tertiary/aromatic N) is 2. The average Bonchev–Trinajstić information content (AvgIpc) is 2.36. The van der Waals surface area contributed by atoms with Gasteiger partial charge in [-0.3, -0.25) is 8.47 Å². The molecule has 0 N–H and O–H groups in total. The minimum absolute atomic E-state index is 0.0617. The zero-order chi connectivity index (χ0) is 13.7. The number of nitriles is 1. The van der Waals surface area contributed by atoms with Gasteiger partial charge >= 0.3 is 11.4 Å². The molecule has 0 bridgehead atoms. The Hall–Kier alpha value is -1.71. The third-order valence-electron chi connectivity index (χ3n) is 2.63. The van der Waals surface area contributed by atoms with Crippen molar-refractivity contribution in [1.82, 2.24) is 0 Å². The van der Waals surface area contributed by atoms with E-state index in [1.165, 1.54) is 7.11 Å². The first-order chi connectivity index (χ1) is 8.49. The molecule has 0 aliphatic carbocycles. The van der Waals surface area contributed by atoms with Crippen LogP contribution < -0.4 is 0 Å². The molecular formula is C12H14N2O3S. The van der Waals surface area contributed by atoms with Crippen molar-refractivity contribution >= 4 is 17.1 Å². The summed E-state index contributed by atoms with van der Waals surface area (Å²) in [6.45, 7) is 5.91. The first-order valence-electron chi connectivity index (χ1n) is 5.19. The summed E-state index contributed by atoms with van der Waals surface area (Å²) < 4.78 is 19.8. The second-order valence-electron chi connectivity index (χ2n) is 3.73. The Morgan fingerprint density at radius 2 is 1.89 bits per heavy atom. The lowest BCUT2D eigenvalue weighted by Crippen LogP contribution is -2.03. The van der Waals surface area contributed by atoms with Crippen LogP contribution in [0.4, 0.5) is 0 Å². The predicted molar refractivity (Wildman–Crippen MR) is 69.0 cm³/mol. The maximum atomic E-state index is 10.9. The topological polar surface area (TPSA) is 71.7 Å². The molecule has 6 heteroatoms. The summed E-state index contributed by atoms with van der Waals surface area (Å²) in [6, 6.07) is 5.58. The Morgan fingerprint density at radius 3 is 2.33 bits per heavy atom. The number of aryl methyl sites for hydroxylation is 2. The van der Waals surface area contributed by atoms with Crippen molar-refractivity contribution in [3.05, 3.63) is 34.4 Å². The van der Waals surface area contributed by atoms with E-state index in [2.05, 4.69) is 13.6 Å². The Labute approximate surface area is 109 Å². The second kappa shape index (κ2) is 6.28. The Morgan fingerprint density at radius 1 is 1.33 bits per heavy atom. The van der Waals surface area contributed by atoms with Crippen molar-refractivity contribution < 1.29 is 12.7 Å². The molecule has 0 aliphatic heterocycles. The van der Waals surface area contributed by atoms with Crippen molar-refractivity contribution in [3.8, 4) is 6.07 Å². The van der Waals surface area contributed by atoms with Gasteiger partial charge in [-0.25, -0.2) is 0 Å². The lowest BCUT2D eigenvalue weighted by molar-refractivity contribution is 0.296. The molecule has 0 saturated heterocycles. The molecule has 1 aromatic rings. The van der Waals surface area contributed by atoms with Crippen LogP contribution in [0.5, 0.6) is 0 Å². The van der Waals surface area contributed by atoms with E-state index in [-0.39, 0.29) is 5.71 Å². The van der Waals surface area contributed by atoms with Crippen molar-refractivity contribution in [2.24, 2.45) is 5.16 Å². The molecule has 0 aliphatic rings. The van der Waals surface area contributed by atoms with Crippen LogP contribution in [0.25, 0.3) is 0 Å². The largest absolute Gasteiger partial charge is 0.381 e. The standard InChI is InChI=1S/C12H14N2O3S/c1-8-5-11(6-9(2)10(8)3)12(7-13)14-17-18(15)16-4/h5-6H,1-4H3/b14-12-. The molecule has 1 aromatic carbocycles. The van der Waals surface area contributed by atoms with Gasteiger partial charge in [0, 0.05) is 5.56 Å². The number of hydrogen-bond acceptors (Lipinski definition) is 5. The zero-order valence-electron chi connectivity index (χ0n) is 10.7. The molecule has 18 heavy (non-hydrogen) atoms. The molecular weight excluding hydrogens is 252 g/mol. The first-order valence-corrected chi connectivity index (χ1v) is 6.19. The molecule has 0 saturated carbocycles. The predicted octanol–water partition coefficient (Wildman–Crippen LogP) is 2.08. The lowest BCUT2D eigenvalue weighted by Gasteiger charge is -2.07. The number of hydrogen-bond donors (Lipinski definition) is 0. The third kappa shape index (κ3) is 3.39. The molecule has 1 unspecified atom stereocenters. The van der Waals surface area contributed by atoms with Crippen LogP contribution in [0, 0.1) is 32.1 Å². The Bertz CT molecular complexity index is 524. The zero-order valence-corrected chi connectivity index (χ0v) is 11.5. The van der Waals surface area contributed by atoms with E-state index in [0.717, 1.165) is 16.7 Å². The van der Waals surface area contributed by atoms with E-state index < -0.39 is 11.4 Å². The highest BCUT2D eigenvalue weighted by atomic mass is 32.2. The van der Waals surface area contributed by atoms with E-state index in [4.69, 9.17) is 5.26 Å². The van der Waals surface area contributed by atoms with Gasteiger partial charge in [0.15, 0.2) is 5.71 Å². The van der Waals surface area contributed by atoms with Gasteiger partial charge in [-0.05, 0) is 49.6 Å². The summed E-state index contributed by atoms with van der Waals surface area (Å²) in [6.07, 6.45) is 0. The summed E-state index contributed by atoms with van der Waals surface area (Å²) in [5.74, 6) is 0. The van der Waals surface area contributed by atoms with Gasteiger partial charge in [-0.1, -0.05) is 5.16 Å². The Kier molecular flexibility index (Phi) is 5.01. The van der Waals surface area contributed by atoms with Crippen LogP contribution in [-0.4, -0.2) is 17.0 Å². The second-order valence-corrected chi connectivity index (χ2v) is 4.62. The van der Waals surface area contributed by atoms with E-state index in [0.29, 0.717) is 5.56 Å². The van der Waals surface area contributed by atoms with Crippen LogP contribution >= 0.6 is 0 Å². The molecule has 96 valence electrons. The molecule has 1 rings (SSSR count). The fourth-order valence-electron chi connectivity index (χ4n) is 1.41. The Balaban J connectivity index is 3.11. The first kappa shape index (κ1) is 14.4. The van der Waals surface area contributed by atoms with Crippen LogP contribution in [0.15, 0.2) is 17.3 Å².